The van der Waals surface area contributed by atoms with Crippen LogP contribution in [0.15, 0.2) is 11.1 Å². The third-order valence-electron chi connectivity index (χ3n) is 12.2. The molecule has 10 atom stereocenters. The lowest BCUT2D eigenvalue weighted by molar-refractivity contribution is -0.212. The van der Waals surface area contributed by atoms with Gasteiger partial charge >= 0.3 is 0 Å². The molecule has 5 aliphatic rings. The summed E-state index contributed by atoms with van der Waals surface area (Å²) >= 11 is 0. The molecule has 5 heteroatoms. The lowest BCUT2D eigenvalue weighted by atomic mass is 9.36. The van der Waals surface area contributed by atoms with Crippen molar-refractivity contribution in [2.45, 2.75) is 130 Å². The van der Waals surface area contributed by atoms with Crippen LogP contribution in [0.5, 0.6) is 0 Å². The van der Waals surface area contributed by atoms with Crippen LogP contribution < -0.4 is 0 Å². The highest BCUT2D eigenvalue weighted by atomic mass is 16.5. The fourth-order valence-electron chi connectivity index (χ4n) is 10.3. The Bertz CT molecular complexity index is 945. The number of fused-ring (bicyclic) bond motifs is 6. The summed E-state index contributed by atoms with van der Waals surface area (Å²) in [7, 11) is 0. The van der Waals surface area contributed by atoms with Gasteiger partial charge in [0, 0.05) is 11.8 Å². The van der Waals surface area contributed by atoms with E-state index in [2.05, 4.69) is 41.5 Å². The highest BCUT2D eigenvalue weighted by Crippen LogP contribution is 2.74. The average molecular weight is 489 g/mol. The summed E-state index contributed by atoms with van der Waals surface area (Å²) in [5.74, 6) is 1.07. The third-order valence-corrected chi connectivity index (χ3v) is 12.2. The molecule has 35 heavy (non-hydrogen) atoms. The summed E-state index contributed by atoms with van der Waals surface area (Å²) in [6, 6.07) is 0. The number of hydrogen-bond donors (Lipinski definition) is 3. The minimum Gasteiger partial charge on any atom is -0.392 e. The molecule has 4 aliphatic carbocycles. The number of aliphatic hydroxyl groups is 3. The first kappa shape index (κ1) is 25.9. The number of rotatable bonds is 2. The smallest absolute Gasteiger partial charge is 0.138 e. The first-order valence-electron chi connectivity index (χ1n) is 14.0. The van der Waals surface area contributed by atoms with Crippen LogP contribution in [-0.4, -0.2) is 51.1 Å². The van der Waals surface area contributed by atoms with Gasteiger partial charge in [0.25, 0.3) is 0 Å². The van der Waals surface area contributed by atoms with Crippen LogP contribution in [0.4, 0.5) is 0 Å². The topological polar surface area (TPSA) is 87.0 Å². The number of carbonyl (C=O) groups is 1. The third kappa shape index (κ3) is 3.30. The van der Waals surface area contributed by atoms with E-state index in [-0.39, 0.29) is 39.6 Å². The maximum absolute atomic E-state index is 12.9. The molecule has 0 radical (unpaired) electrons. The highest BCUT2D eigenvalue weighted by molar-refractivity contribution is 5.85. The standard InChI is InChI=1S/C30H48O5/c1-16-13-19(25(33)27(4,5)34)35-20-15-30(8)17(23(16)20)14-18(31)24-28(6)11-10-22(32)26(2,3)21(28)9-12-29(24,30)7/h16,18-21,24-25,31,33-34H,9-15H2,1-8H3/t16-,18+,19+,20+,21-,24+,25-,28+,29+,30+/m1/s1. The van der Waals surface area contributed by atoms with E-state index in [1.165, 1.54) is 11.1 Å². The van der Waals surface area contributed by atoms with Crippen molar-refractivity contribution in [3.63, 3.8) is 0 Å². The van der Waals surface area contributed by atoms with Gasteiger partial charge in [0.2, 0.25) is 0 Å². The normalized spacial score (nSPS) is 50.2. The summed E-state index contributed by atoms with van der Waals surface area (Å²) < 4.78 is 6.57. The monoisotopic (exact) mass is 488 g/mol. The van der Waals surface area contributed by atoms with Gasteiger partial charge in [0.1, 0.15) is 11.9 Å². The summed E-state index contributed by atoms with van der Waals surface area (Å²) in [4.78, 5) is 12.9. The molecule has 0 spiro atoms. The minimum atomic E-state index is -1.21. The minimum absolute atomic E-state index is 0.0666. The predicted molar refractivity (Wildman–Crippen MR) is 136 cm³/mol. The Morgan fingerprint density at radius 2 is 1.77 bits per heavy atom. The second kappa shape index (κ2) is 7.65. The van der Waals surface area contributed by atoms with E-state index in [0.717, 1.165) is 25.7 Å². The van der Waals surface area contributed by atoms with Gasteiger partial charge in [-0.25, -0.2) is 0 Å². The Morgan fingerprint density at radius 3 is 2.40 bits per heavy atom. The highest BCUT2D eigenvalue weighted by Gasteiger charge is 2.70. The molecule has 1 heterocycles. The van der Waals surface area contributed by atoms with E-state index in [1.807, 2.05) is 0 Å². The van der Waals surface area contributed by atoms with E-state index >= 15 is 0 Å². The van der Waals surface area contributed by atoms with Crippen molar-refractivity contribution >= 4 is 5.78 Å². The van der Waals surface area contributed by atoms with Crippen LogP contribution in [0.3, 0.4) is 0 Å². The molecule has 5 rings (SSSR count). The largest absolute Gasteiger partial charge is 0.392 e. The molecule has 0 aromatic rings. The van der Waals surface area contributed by atoms with Gasteiger partial charge in [-0.2, -0.15) is 0 Å². The average Bonchev–Trinajstić information content (AvgIpc) is 3.03. The van der Waals surface area contributed by atoms with Gasteiger partial charge in [-0.3, -0.25) is 4.79 Å². The van der Waals surface area contributed by atoms with Gasteiger partial charge in [-0.05, 0) is 91.9 Å². The Morgan fingerprint density at radius 1 is 1.11 bits per heavy atom. The SMILES string of the molecule is C[C@@H]1C[C@@H]([C@@H](O)C(C)(C)O)O[C@H]2C[C@@]3(C)C(=C12)C[C@H](O)[C@H]1[C@@]2(C)CCC(=O)C(C)(C)[C@H]2CC[C@@]13C. The lowest BCUT2D eigenvalue weighted by Gasteiger charge is -2.68. The summed E-state index contributed by atoms with van der Waals surface area (Å²) in [6.07, 6.45) is 3.95. The zero-order valence-electron chi connectivity index (χ0n) is 23.1. The van der Waals surface area contributed by atoms with Crippen LogP contribution in [0.1, 0.15) is 100 Å². The quantitative estimate of drug-likeness (QED) is 0.486. The van der Waals surface area contributed by atoms with E-state index < -0.39 is 23.9 Å². The molecule has 198 valence electrons. The molecule has 1 aliphatic heterocycles. The Kier molecular flexibility index (Phi) is 5.65. The van der Waals surface area contributed by atoms with Crippen molar-refractivity contribution in [2.75, 3.05) is 0 Å². The number of Topliss-reactive ketones (excluding diaryl/α,β-unsaturated/α-hetero) is 1. The fraction of sp³-hybridized carbons (Fsp3) is 0.900. The molecule has 4 fully saturated rings. The predicted octanol–water partition coefficient (Wildman–Crippen LogP) is 4.81. The number of hydrogen-bond acceptors (Lipinski definition) is 5. The molecular weight excluding hydrogens is 440 g/mol. The van der Waals surface area contributed by atoms with E-state index in [9.17, 15) is 20.1 Å². The summed E-state index contributed by atoms with van der Waals surface area (Å²) in [6.45, 7) is 17.0. The van der Waals surface area contributed by atoms with E-state index in [4.69, 9.17) is 4.74 Å². The lowest BCUT2D eigenvalue weighted by Crippen LogP contribution is -2.65. The van der Waals surface area contributed by atoms with Crippen molar-refractivity contribution in [3.05, 3.63) is 11.1 Å². The number of ketones is 1. The van der Waals surface area contributed by atoms with Crippen LogP contribution in [0.25, 0.3) is 0 Å². The molecule has 0 amide bonds. The van der Waals surface area contributed by atoms with Gasteiger partial charge in [-0.15, -0.1) is 0 Å². The van der Waals surface area contributed by atoms with Crippen molar-refractivity contribution < 1.29 is 24.9 Å². The molecule has 5 nitrogen and oxygen atoms in total. The molecular formula is C30H48O5. The van der Waals surface area contributed by atoms with Crippen molar-refractivity contribution in [1.29, 1.82) is 0 Å². The van der Waals surface area contributed by atoms with Crippen molar-refractivity contribution in [1.82, 2.24) is 0 Å². The van der Waals surface area contributed by atoms with Gasteiger partial charge in [-0.1, -0.05) is 47.1 Å². The van der Waals surface area contributed by atoms with E-state index in [1.54, 1.807) is 13.8 Å². The molecule has 3 N–H and O–H groups in total. The van der Waals surface area contributed by atoms with Crippen molar-refractivity contribution in [2.24, 2.45) is 39.4 Å². The second-order valence-corrected chi connectivity index (χ2v) is 14.8. The summed E-state index contributed by atoms with van der Waals surface area (Å²) in [5, 5.41) is 33.1. The molecule has 1 saturated heterocycles. The second-order valence-electron chi connectivity index (χ2n) is 14.8. The molecule has 0 bridgehead atoms. The number of carbonyl (C=O) groups excluding carboxylic acids is 1. The zero-order chi connectivity index (χ0) is 25.9. The van der Waals surface area contributed by atoms with Crippen molar-refractivity contribution in [3.8, 4) is 0 Å². The van der Waals surface area contributed by atoms with Crippen LogP contribution in [0.2, 0.25) is 0 Å². The summed E-state index contributed by atoms with van der Waals surface area (Å²) in [5.41, 5.74) is 0.954. The van der Waals surface area contributed by atoms with Crippen LogP contribution in [0, 0.1) is 39.4 Å². The first-order valence-corrected chi connectivity index (χ1v) is 14.0. The zero-order valence-corrected chi connectivity index (χ0v) is 23.1. The van der Waals surface area contributed by atoms with Crippen LogP contribution >= 0.6 is 0 Å². The molecule has 0 unspecified atom stereocenters. The maximum Gasteiger partial charge on any atom is 0.138 e. The van der Waals surface area contributed by atoms with Gasteiger partial charge in [0.15, 0.2) is 0 Å². The number of aliphatic hydroxyl groups excluding tert-OH is 2. The number of ether oxygens (including phenoxy) is 1. The Labute approximate surface area is 211 Å². The molecule has 3 saturated carbocycles. The molecule has 0 aromatic carbocycles. The van der Waals surface area contributed by atoms with Crippen LogP contribution in [-0.2, 0) is 9.53 Å². The van der Waals surface area contributed by atoms with Gasteiger partial charge in [0.05, 0.1) is 23.9 Å². The first-order chi connectivity index (χ1) is 16.0. The maximum atomic E-state index is 12.9. The Balaban J connectivity index is 1.53. The molecule has 0 aromatic heterocycles. The van der Waals surface area contributed by atoms with E-state index in [0.29, 0.717) is 31.0 Å². The fourth-order valence-corrected chi connectivity index (χ4v) is 10.3. The van der Waals surface area contributed by atoms with Gasteiger partial charge < -0.3 is 20.1 Å². The Hall–Kier alpha value is -0.750.